The third-order valence-electron chi connectivity index (χ3n) is 4.07. The van der Waals surface area contributed by atoms with Gasteiger partial charge in [0.05, 0.1) is 6.04 Å². The minimum absolute atomic E-state index is 0.0697. The fourth-order valence-corrected chi connectivity index (χ4v) is 2.50. The standard InChI is InChI=1S/C16H21FN2O/c1-10(16(20)19-14-8-9-14)18-15(11-2-3-11)12-4-6-13(17)7-5-12/h4-7,10-11,14-15,18H,2-3,8-9H2,1H3,(H,19,20). The van der Waals surface area contributed by atoms with E-state index in [-0.39, 0.29) is 23.8 Å². The molecule has 0 aliphatic heterocycles. The summed E-state index contributed by atoms with van der Waals surface area (Å²) in [4.78, 5) is 12.0. The monoisotopic (exact) mass is 276 g/mol. The second-order valence-corrected chi connectivity index (χ2v) is 6.04. The van der Waals surface area contributed by atoms with Crippen LogP contribution in [0.5, 0.6) is 0 Å². The number of carbonyl (C=O) groups is 1. The first kappa shape index (κ1) is 13.6. The van der Waals surface area contributed by atoms with E-state index < -0.39 is 0 Å². The van der Waals surface area contributed by atoms with Crippen molar-refractivity contribution in [2.75, 3.05) is 0 Å². The maximum atomic E-state index is 13.0. The zero-order valence-electron chi connectivity index (χ0n) is 11.7. The van der Waals surface area contributed by atoms with E-state index in [0.717, 1.165) is 18.4 Å². The molecule has 3 nitrogen and oxygen atoms in total. The molecule has 0 saturated heterocycles. The van der Waals surface area contributed by atoms with Crippen molar-refractivity contribution >= 4 is 5.91 Å². The fraction of sp³-hybridized carbons (Fsp3) is 0.562. The lowest BCUT2D eigenvalue weighted by atomic mass is 10.0. The van der Waals surface area contributed by atoms with Gasteiger partial charge in [0.2, 0.25) is 5.91 Å². The van der Waals surface area contributed by atoms with E-state index in [9.17, 15) is 9.18 Å². The lowest BCUT2D eigenvalue weighted by molar-refractivity contribution is -0.123. The summed E-state index contributed by atoms with van der Waals surface area (Å²) >= 11 is 0. The molecule has 2 aliphatic rings. The van der Waals surface area contributed by atoms with Gasteiger partial charge in [0.25, 0.3) is 0 Å². The van der Waals surface area contributed by atoms with Gasteiger partial charge in [0.15, 0.2) is 0 Å². The average molecular weight is 276 g/mol. The number of hydrogen-bond acceptors (Lipinski definition) is 2. The van der Waals surface area contributed by atoms with Crippen LogP contribution in [0.2, 0.25) is 0 Å². The highest BCUT2D eigenvalue weighted by Gasteiger charge is 2.34. The van der Waals surface area contributed by atoms with Crippen molar-refractivity contribution in [3.63, 3.8) is 0 Å². The van der Waals surface area contributed by atoms with Crippen LogP contribution in [0.25, 0.3) is 0 Å². The maximum Gasteiger partial charge on any atom is 0.237 e. The first-order valence-corrected chi connectivity index (χ1v) is 7.45. The minimum atomic E-state index is -0.220. The van der Waals surface area contributed by atoms with E-state index >= 15 is 0 Å². The molecular weight excluding hydrogens is 255 g/mol. The van der Waals surface area contributed by atoms with Crippen LogP contribution in [0.1, 0.15) is 44.2 Å². The first-order chi connectivity index (χ1) is 9.63. The van der Waals surface area contributed by atoms with Gasteiger partial charge in [-0.05, 0) is 56.2 Å². The Morgan fingerprint density at radius 3 is 2.40 bits per heavy atom. The number of carbonyl (C=O) groups excluding carboxylic acids is 1. The Balaban J connectivity index is 1.64. The van der Waals surface area contributed by atoms with Crippen molar-refractivity contribution in [1.29, 1.82) is 0 Å². The van der Waals surface area contributed by atoms with Crippen LogP contribution in [0.4, 0.5) is 4.39 Å². The Morgan fingerprint density at radius 2 is 1.85 bits per heavy atom. The smallest absolute Gasteiger partial charge is 0.237 e. The summed E-state index contributed by atoms with van der Waals surface area (Å²) < 4.78 is 13.0. The second kappa shape index (κ2) is 5.52. The van der Waals surface area contributed by atoms with Gasteiger partial charge in [-0.25, -0.2) is 4.39 Å². The molecule has 1 aromatic carbocycles. The summed E-state index contributed by atoms with van der Waals surface area (Å²) in [5.74, 6) is 0.416. The molecule has 2 fully saturated rings. The van der Waals surface area contributed by atoms with E-state index in [1.54, 1.807) is 0 Å². The predicted octanol–water partition coefficient (Wildman–Crippen LogP) is 2.53. The number of hydrogen-bond donors (Lipinski definition) is 2. The SMILES string of the molecule is CC(NC(c1ccc(F)cc1)C1CC1)C(=O)NC1CC1. The molecule has 1 aromatic rings. The normalized spacial score (nSPS) is 21.3. The fourth-order valence-electron chi connectivity index (χ4n) is 2.50. The molecule has 0 aromatic heterocycles. The van der Waals surface area contributed by atoms with Crippen molar-refractivity contribution in [3.05, 3.63) is 35.6 Å². The molecule has 0 radical (unpaired) electrons. The Labute approximate surface area is 118 Å². The molecule has 2 saturated carbocycles. The van der Waals surface area contributed by atoms with E-state index in [4.69, 9.17) is 0 Å². The van der Waals surface area contributed by atoms with Gasteiger partial charge < -0.3 is 5.32 Å². The van der Waals surface area contributed by atoms with E-state index in [1.807, 2.05) is 19.1 Å². The van der Waals surface area contributed by atoms with Crippen molar-refractivity contribution in [2.45, 2.75) is 50.7 Å². The molecular formula is C16H21FN2O. The quantitative estimate of drug-likeness (QED) is 0.838. The zero-order chi connectivity index (χ0) is 14.1. The third kappa shape index (κ3) is 3.37. The molecule has 2 atom stereocenters. The summed E-state index contributed by atoms with van der Waals surface area (Å²) in [7, 11) is 0. The molecule has 3 rings (SSSR count). The highest BCUT2D eigenvalue weighted by atomic mass is 19.1. The molecule has 0 spiro atoms. The molecule has 0 heterocycles. The van der Waals surface area contributed by atoms with Gasteiger partial charge in [0.1, 0.15) is 5.82 Å². The average Bonchev–Trinajstić information content (AvgIpc) is 3.30. The lowest BCUT2D eigenvalue weighted by Gasteiger charge is -2.23. The first-order valence-electron chi connectivity index (χ1n) is 7.45. The molecule has 2 aliphatic carbocycles. The van der Waals surface area contributed by atoms with Crippen LogP contribution in [0.15, 0.2) is 24.3 Å². The van der Waals surface area contributed by atoms with E-state index in [0.29, 0.717) is 12.0 Å². The van der Waals surface area contributed by atoms with Crippen molar-refractivity contribution in [2.24, 2.45) is 5.92 Å². The molecule has 20 heavy (non-hydrogen) atoms. The highest BCUT2D eigenvalue weighted by molar-refractivity contribution is 5.81. The van der Waals surface area contributed by atoms with Gasteiger partial charge in [-0.2, -0.15) is 0 Å². The van der Waals surface area contributed by atoms with Gasteiger partial charge >= 0.3 is 0 Å². The summed E-state index contributed by atoms with van der Waals surface area (Å²) in [6.45, 7) is 1.90. The number of nitrogens with one attached hydrogen (secondary N) is 2. The molecule has 2 N–H and O–H groups in total. The van der Waals surface area contributed by atoms with Gasteiger partial charge in [-0.1, -0.05) is 12.1 Å². The Morgan fingerprint density at radius 1 is 1.20 bits per heavy atom. The maximum absolute atomic E-state index is 13.0. The second-order valence-electron chi connectivity index (χ2n) is 6.04. The summed E-state index contributed by atoms with van der Waals surface area (Å²) in [6.07, 6.45) is 4.54. The number of benzene rings is 1. The number of rotatable bonds is 6. The van der Waals surface area contributed by atoms with Gasteiger partial charge in [-0.15, -0.1) is 0 Å². The molecule has 1 amide bonds. The topological polar surface area (TPSA) is 41.1 Å². The number of halogens is 1. The van der Waals surface area contributed by atoms with Crippen molar-refractivity contribution < 1.29 is 9.18 Å². The Hall–Kier alpha value is -1.42. The summed E-state index contributed by atoms with van der Waals surface area (Å²) in [5, 5.41) is 6.43. The highest BCUT2D eigenvalue weighted by Crippen LogP contribution is 2.41. The molecule has 4 heteroatoms. The summed E-state index contributed by atoms with van der Waals surface area (Å²) in [6, 6.07) is 6.93. The summed E-state index contributed by atoms with van der Waals surface area (Å²) in [5.41, 5.74) is 1.07. The molecule has 108 valence electrons. The van der Waals surface area contributed by atoms with E-state index in [1.165, 1.54) is 25.0 Å². The predicted molar refractivity (Wildman–Crippen MR) is 75.6 cm³/mol. The van der Waals surface area contributed by atoms with Crippen LogP contribution in [-0.4, -0.2) is 18.0 Å². The van der Waals surface area contributed by atoms with Crippen LogP contribution in [-0.2, 0) is 4.79 Å². The minimum Gasteiger partial charge on any atom is -0.352 e. The third-order valence-corrected chi connectivity index (χ3v) is 4.07. The number of amides is 1. The lowest BCUT2D eigenvalue weighted by Crippen LogP contribution is -2.44. The largest absolute Gasteiger partial charge is 0.352 e. The van der Waals surface area contributed by atoms with E-state index in [2.05, 4.69) is 10.6 Å². The molecule has 2 unspecified atom stereocenters. The molecule has 0 bridgehead atoms. The van der Waals surface area contributed by atoms with Gasteiger partial charge in [-0.3, -0.25) is 10.1 Å². The van der Waals surface area contributed by atoms with Crippen molar-refractivity contribution in [3.8, 4) is 0 Å². The van der Waals surface area contributed by atoms with Crippen LogP contribution in [0.3, 0.4) is 0 Å². The zero-order valence-corrected chi connectivity index (χ0v) is 11.7. The van der Waals surface area contributed by atoms with Crippen molar-refractivity contribution in [1.82, 2.24) is 10.6 Å². The van der Waals surface area contributed by atoms with Gasteiger partial charge in [0, 0.05) is 12.1 Å². The van der Waals surface area contributed by atoms with Crippen LogP contribution < -0.4 is 10.6 Å². The Bertz CT molecular complexity index is 480. The Kier molecular flexibility index (Phi) is 3.74. The van der Waals surface area contributed by atoms with Crippen LogP contribution >= 0.6 is 0 Å². The van der Waals surface area contributed by atoms with Crippen LogP contribution in [0, 0.1) is 11.7 Å².